The molecule has 1 aliphatic carbocycles. The van der Waals surface area contributed by atoms with Crippen LogP contribution in [0.4, 0.5) is 5.82 Å². The summed E-state index contributed by atoms with van der Waals surface area (Å²) in [6.07, 6.45) is 8.56. The zero-order valence-corrected chi connectivity index (χ0v) is 18.7. The van der Waals surface area contributed by atoms with Crippen LogP contribution in [0.2, 0.25) is 0 Å². The molecule has 2 atom stereocenters. The first-order valence-electron chi connectivity index (χ1n) is 11.7. The Kier molecular flexibility index (Phi) is 4.06. The quantitative estimate of drug-likeness (QED) is 0.510. The molecule has 4 aromatic rings. The maximum atomic E-state index is 13.1. The molecule has 0 radical (unpaired) electrons. The van der Waals surface area contributed by atoms with Crippen molar-refractivity contribution in [2.45, 2.75) is 19.3 Å². The molecule has 7 rings (SSSR count). The van der Waals surface area contributed by atoms with Crippen molar-refractivity contribution in [2.24, 2.45) is 10.8 Å². The summed E-state index contributed by atoms with van der Waals surface area (Å²) in [5.74, 6) is 1.65. The van der Waals surface area contributed by atoms with Gasteiger partial charge >= 0.3 is 0 Å². The van der Waals surface area contributed by atoms with E-state index in [4.69, 9.17) is 9.97 Å². The maximum Gasteiger partial charge on any atom is 0.276 e. The molecular weight excluding hydrogens is 428 g/mol. The standard InChI is InChI=1S/C25H24N8O/c34-23(20-12-27-31-30-20)33-15-24-8-4-9-25(24,16-33)14-32(13-24)22-18-6-1-2-7-19(18)28-21(29-22)17-5-3-10-26-11-17/h1-3,5-7,10-12H,4,8-9,13-16H2,(H,27,30,31). The molecule has 3 aliphatic rings. The van der Waals surface area contributed by atoms with Crippen LogP contribution in [0, 0.1) is 10.8 Å². The normalized spacial score (nSPS) is 25.6. The predicted molar refractivity (Wildman–Crippen MR) is 126 cm³/mol. The first kappa shape index (κ1) is 19.6. The summed E-state index contributed by atoms with van der Waals surface area (Å²) in [5, 5.41) is 11.5. The highest BCUT2D eigenvalue weighted by atomic mass is 16.2. The molecule has 1 saturated carbocycles. The van der Waals surface area contributed by atoms with Crippen LogP contribution in [0.25, 0.3) is 22.3 Å². The molecule has 2 aliphatic heterocycles. The second-order valence-corrected chi connectivity index (χ2v) is 9.92. The van der Waals surface area contributed by atoms with Crippen LogP contribution >= 0.6 is 0 Å². The summed E-state index contributed by atoms with van der Waals surface area (Å²) in [7, 11) is 0. The highest BCUT2D eigenvalue weighted by Crippen LogP contribution is 2.62. The van der Waals surface area contributed by atoms with Crippen LogP contribution < -0.4 is 4.90 Å². The third-order valence-corrected chi connectivity index (χ3v) is 8.13. The molecule has 0 bridgehead atoms. The molecule has 1 N–H and O–H groups in total. The van der Waals surface area contributed by atoms with Crippen molar-refractivity contribution in [3.05, 3.63) is 60.7 Å². The fourth-order valence-corrected chi connectivity index (χ4v) is 6.64. The Morgan fingerprint density at radius 2 is 1.76 bits per heavy atom. The Labute approximate surface area is 196 Å². The molecule has 5 heterocycles. The monoisotopic (exact) mass is 452 g/mol. The SMILES string of the molecule is O=C(c1cn[nH]n1)N1CC23CCCC2(C1)CN(c1nc(-c2cccnc2)nc2ccccc12)C3. The fourth-order valence-electron chi connectivity index (χ4n) is 6.64. The average molecular weight is 453 g/mol. The summed E-state index contributed by atoms with van der Waals surface area (Å²) in [6, 6.07) is 12.1. The largest absolute Gasteiger partial charge is 0.355 e. The predicted octanol–water partition coefficient (Wildman–Crippen LogP) is 2.94. The van der Waals surface area contributed by atoms with Crippen molar-refractivity contribution >= 4 is 22.6 Å². The summed E-state index contributed by atoms with van der Waals surface area (Å²) < 4.78 is 0. The van der Waals surface area contributed by atoms with Gasteiger partial charge in [-0.3, -0.25) is 9.78 Å². The number of hydrogen-bond acceptors (Lipinski definition) is 7. The lowest BCUT2D eigenvalue weighted by atomic mass is 9.71. The third kappa shape index (κ3) is 2.72. The van der Waals surface area contributed by atoms with Crippen LogP contribution in [-0.4, -0.2) is 67.3 Å². The third-order valence-electron chi connectivity index (χ3n) is 8.13. The van der Waals surface area contributed by atoms with Gasteiger partial charge in [-0.05, 0) is 37.1 Å². The molecule has 3 aromatic heterocycles. The maximum absolute atomic E-state index is 13.1. The zero-order valence-electron chi connectivity index (χ0n) is 18.7. The number of carbonyl (C=O) groups is 1. The van der Waals surface area contributed by atoms with E-state index < -0.39 is 0 Å². The van der Waals surface area contributed by atoms with Gasteiger partial charge < -0.3 is 9.80 Å². The first-order chi connectivity index (χ1) is 16.7. The van der Waals surface area contributed by atoms with Gasteiger partial charge in [0.15, 0.2) is 11.5 Å². The second-order valence-electron chi connectivity index (χ2n) is 9.92. The average Bonchev–Trinajstić information content (AvgIpc) is 3.61. The van der Waals surface area contributed by atoms with Crippen molar-refractivity contribution in [3.63, 3.8) is 0 Å². The van der Waals surface area contributed by atoms with Crippen molar-refractivity contribution in [1.82, 2.24) is 35.3 Å². The number of hydrogen-bond donors (Lipinski definition) is 1. The molecule has 9 nitrogen and oxygen atoms in total. The molecule has 2 saturated heterocycles. The van der Waals surface area contributed by atoms with Crippen molar-refractivity contribution in [2.75, 3.05) is 31.1 Å². The lowest BCUT2D eigenvalue weighted by Gasteiger charge is -2.29. The van der Waals surface area contributed by atoms with Crippen molar-refractivity contribution in [1.29, 1.82) is 0 Å². The summed E-state index contributed by atoms with van der Waals surface area (Å²) in [4.78, 5) is 31.7. The van der Waals surface area contributed by atoms with E-state index in [1.807, 2.05) is 41.4 Å². The van der Waals surface area contributed by atoms with E-state index in [0.29, 0.717) is 11.5 Å². The lowest BCUT2D eigenvalue weighted by molar-refractivity contribution is 0.0757. The van der Waals surface area contributed by atoms with E-state index in [2.05, 4.69) is 31.4 Å². The number of fused-ring (bicyclic) bond motifs is 1. The number of likely N-dealkylation sites (tertiary alicyclic amines) is 1. The number of aromatic amines is 1. The number of nitrogens with zero attached hydrogens (tertiary/aromatic N) is 7. The van der Waals surface area contributed by atoms with Gasteiger partial charge in [-0.25, -0.2) is 9.97 Å². The van der Waals surface area contributed by atoms with Gasteiger partial charge in [0.05, 0.1) is 11.7 Å². The number of carbonyl (C=O) groups excluding carboxylic acids is 1. The Balaban J connectivity index is 1.27. The molecule has 0 spiro atoms. The fraction of sp³-hybridized carbons (Fsp3) is 0.360. The van der Waals surface area contributed by atoms with Gasteiger partial charge in [0, 0.05) is 60.4 Å². The Bertz CT molecular complexity index is 1370. The van der Waals surface area contributed by atoms with Crippen LogP contribution in [0.15, 0.2) is 55.0 Å². The lowest BCUT2D eigenvalue weighted by Crippen LogP contribution is -2.37. The second kappa shape index (κ2) is 7.06. The Hall–Kier alpha value is -3.88. The Morgan fingerprint density at radius 3 is 2.50 bits per heavy atom. The van der Waals surface area contributed by atoms with E-state index in [-0.39, 0.29) is 16.7 Å². The number of benzene rings is 1. The number of nitrogens with one attached hydrogen (secondary N) is 1. The van der Waals surface area contributed by atoms with Crippen molar-refractivity contribution in [3.8, 4) is 11.4 Å². The van der Waals surface area contributed by atoms with Crippen LogP contribution in [0.3, 0.4) is 0 Å². The van der Waals surface area contributed by atoms with Gasteiger partial charge in [-0.15, -0.1) is 0 Å². The molecule has 170 valence electrons. The van der Waals surface area contributed by atoms with Crippen LogP contribution in [0.5, 0.6) is 0 Å². The minimum atomic E-state index is -0.0262. The minimum Gasteiger partial charge on any atom is -0.355 e. The van der Waals surface area contributed by atoms with Crippen LogP contribution in [-0.2, 0) is 0 Å². The van der Waals surface area contributed by atoms with Crippen molar-refractivity contribution < 1.29 is 4.79 Å². The molecule has 3 fully saturated rings. The number of amides is 1. The molecule has 34 heavy (non-hydrogen) atoms. The van der Waals surface area contributed by atoms with E-state index >= 15 is 0 Å². The van der Waals surface area contributed by atoms with Gasteiger partial charge in [-0.1, -0.05) is 18.6 Å². The molecular formula is C25H24N8O. The highest BCUT2D eigenvalue weighted by molar-refractivity contribution is 5.93. The molecule has 2 unspecified atom stereocenters. The number of para-hydroxylation sites is 1. The summed E-state index contributed by atoms with van der Waals surface area (Å²) in [5.41, 5.74) is 2.40. The summed E-state index contributed by atoms with van der Waals surface area (Å²) >= 11 is 0. The number of anilines is 1. The molecule has 1 amide bonds. The molecule has 1 aromatic carbocycles. The highest BCUT2D eigenvalue weighted by Gasteiger charge is 2.65. The van der Waals surface area contributed by atoms with Gasteiger partial charge in [0.1, 0.15) is 5.82 Å². The van der Waals surface area contributed by atoms with Crippen LogP contribution in [0.1, 0.15) is 29.8 Å². The number of rotatable bonds is 3. The van der Waals surface area contributed by atoms with Gasteiger partial charge in [0.25, 0.3) is 5.91 Å². The minimum absolute atomic E-state index is 0.0262. The summed E-state index contributed by atoms with van der Waals surface area (Å²) in [6.45, 7) is 3.30. The number of pyridine rings is 1. The van der Waals surface area contributed by atoms with E-state index in [1.165, 1.54) is 12.6 Å². The Morgan fingerprint density at radius 1 is 0.941 bits per heavy atom. The topological polar surface area (TPSA) is 104 Å². The number of aromatic nitrogens is 6. The zero-order chi connectivity index (χ0) is 22.8. The van der Waals surface area contributed by atoms with Gasteiger partial charge in [-0.2, -0.15) is 15.4 Å². The molecule has 9 heteroatoms. The number of H-pyrrole nitrogens is 1. The van der Waals surface area contributed by atoms with Gasteiger partial charge in [0.2, 0.25) is 0 Å². The van der Waals surface area contributed by atoms with E-state index in [0.717, 1.165) is 61.3 Å². The first-order valence-corrected chi connectivity index (χ1v) is 11.7. The van der Waals surface area contributed by atoms with E-state index in [9.17, 15) is 4.79 Å². The smallest absolute Gasteiger partial charge is 0.276 e. The van der Waals surface area contributed by atoms with E-state index in [1.54, 1.807) is 6.20 Å².